The summed E-state index contributed by atoms with van der Waals surface area (Å²) in [5.74, 6) is -0.130. The number of hydrogen-bond acceptors (Lipinski definition) is 2. The Morgan fingerprint density at radius 1 is 1.86 bits per heavy atom. The van der Waals surface area contributed by atoms with Crippen molar-refractivity contribution in [3.05, 3.63) is 0 Å². The van der Waals surface area contributed by atoms with Gasteiger partial charge in [-0.2, -0.15) is 0 Å². The van der Waals surface area contributed by atoms with Crippen molar-refractivity contribution in [3.63, 3.8) is 0 Å². The first-order valence-electron chi connectivity index (χ1n) is 1.94. The number of rotatable bonds is 2. The largest absolute Gasteiger partial charge is 0.469 e. The number of halogens is 1. The Balaban J connectivity index is 3.00. The third kappa shape index (κ3) is 4.04. The monoisotopic (exact) mass is 215 g/mol. The summed E-state index contributed by atoms with van der Waals surface area (Å²) in [6.07, 6.45) is 0.525. The summed E-state index contributed by atoms with van der Waals surface area (Å²) in [4.78, 5) is 10.2. The second kappa shape index (κ2) is 4.36. The Bertz CT molecular complexity index is 62.7. The molecule has 0 heterocycles. The maximum Gasteiger partial charge on any atom is 0.306 e. The molecule has 0 bridgehead atoms. The highest BCUT2D eigenvalue weighted by Crippen LogP contribution is 1.88. The van der Waals surface area contributed by atoms with Gasteiger partial charge in [-0.1, -0.05) is 22.6 Å². The van der Waals surface area contributed by atoms with Gasteiger partial charge in [-0.25, -0.2) is 0 Å². The van der Waals surface area contributed by atoms with Gasteiger partial charge < -0.3 is 4.74 Å². The Morgan fingerprint density at radius 2 is 2.43 bits per heavy atom. The van der Waals surface area contributed by atoms with Crippen LogP contribution in [0.4, 0.5) is 0 Å². The topological polar surface area (TPSA) is 26.3 Å². The van der Waals surface area contributed by atoms with E-state index in [9.17, 15) is 4.79 Å². The molecule has 0 aliphatic rings. The van der Waals surface area contributed by atoms with Crippen molar-refractivity contribution in [2.24, 2.45) is 0 Å². The zero-order chi connectivity index (χ0) is 5.70. The first kappa shape index (κ1) is 7.20. The number of carbonyl (C=O) groups excluding carboxylic acids is 1. The lowest BCUT2D eigenvalue weighted by Gasteiger charge is -1.90. The van der Waals surface area contributed by atoms with Crippen molar-refractivity contribution in [1.82, 2.24) is 0 Å². The Kier molecular flexibility index (Phi) is 4.49. The fourth-order valence-electron chi connectivity index (χ4n) is 0.179. The van der Waals surface area contributed by atoms with Gasteiger partial charge >= 0.3 is 5.97 Å². The molecule has 0 radical (unpaired) electrons. The molecule has 0 N–H and O–H groups in total. The van der Waals surface area contributed by atoms with E-state index in [2.05, 4.69) is 27.3 Å². The minimum Gasteiger partial charge on any atom is -0.469 e. The standard InChI is InChI=1S/C4H7IO2/c1-7-4(6)2-3-5/h2-3H2,1H3/i4+1. The van der Waals surface area contributed by atoms with Gasteiger partial charge in [0.05, 0.1) is 13.5 Å². The van der Waals surface area contributed by atoms with Crippen molar-refractivity contribution < 1.29 is 9.53 Å². The van der Waals surface area contributed by atoms with E-state index in [0.717, 1.165) is 4.43 Å². The van der Waals surface area contributed by atoms with Gasteiger partial charge in [0.1, 0.15) is 0 Å². The molecule has 0 spiro atoms. The molecule has 2 nitrogen and oxygen atoms in total. The van der Waals surface area contributed by atoms with Gasteiger partial charge in [0.2, 0.25) is 0 Å². The van der Waals surface area contributed by atoms with Crippen LogP contribution in [0.15, 0.2) is 0 Å². The van der Waals surface area contributed by atoms with Crippen molar-refractivity contribution in [2.75, 3.05) is 11.5 Å². The lowest BCUT2D eigenvalue weighted by Crippen LogP contribution is -1.99. The first-order valence-corrected chi connectivity index (χ1v) is 3.46. The van der Waals surface area contributed by atoms with Crippen molar-refractivity contribution in [1.29, 1.82) is 0 Å². The average Bonchev–Trinajstić information content (AvgIpc) is 1.68. The molecule has 0 rings (SSSR count). The van der Waals surface area contributed by atoms with Crippen LogP contribution in [0.1, 0.15) is 6.42 Å². The Hall–Kier alpha value is 0.200. The molecule has 3 heteroatoms. The van der Waals surface area contributed by atoms with E-state index in [0.29, 0.717) is 6.42 Å². The lowest BCUT2D eigenvalue weighted by molar-refractivity contribution is -0.140. The van der Waals surface area contributed by atoms with Crippen molar-refractivity contribution in [3.8, 4) is 0 Å². The molecular weight excluding hydrogens is 208 g/mol. The van der Waals surface area contributed by atoms with E-state index in [4.69, 9.17) is 0 Å². The molecule has 0 amide bonds. The highest BCUT2D eigenvalue weighted by Gasteiger charge is 1.93. The van der Waals surface area contributed by atoms with Crippen LogP contribution in [0.3, 0.4) is 0 Å². The highest BCUT2D eigenvalue weighted by molar-refractivity contribution is 14.1. The molecule has 0 unspecified atom stereocenters. The minimum absolute atomic E-state index is 0.130. The predicted molar refractivity (Wildman–Crippen MR) is 35.5 cm³/mol. The SMILES string of the molecule is CO[13C](=O)CCI. The van der Waals surface area contributed by atoms with E-state index in [1.165, 1.54) is 7.11 Å². The van der Waals surface area contributed by atoms with Crippen LogP contribution in [0.5, 0.6) is 0 Å². The molecular formula is C4H7IO2. The van der Waals surface area contributed by atoms with E-state index >= 15 is 0 Å². The summed E-state index contributed by atoms with van der Waals surface area (Å²) in [7, 11) is 1.40. The lowest BCUT2D eigenvalue weighted by atomic mass is 10.7. The van der Waals surface area contributed by atoms with Crippen LogP contribution in [0.25, 0.3) is 0 Å². The number of carbonyl (C=O) groups is 1. The smallest absolute Gasteiger partial charge is 0.306 e. The molecule has 0 aromatic heterocycles. The summed E-state index contributed by atoms with van der Waals surface area (Å²) < 4.78 is 5.18. The van der Waals surface area contributed by atoms with E-state index < -0.39 is 0 Å². The van der Waals surface area contributed by atoms with Gasteiger partial charge in [0, 0.05) is 4.43 Å². The van der Waals surface area contributed by atoms with Crippen LogP contribution < -0.4 is 0 Å². The van der Waals surface area contributed by atoms with Crippen molar-refractivity contribution >= 4 is 28.6 Å². The summed E-state index contributed by atoms with van der Waals surface area (Å²) >= 11 is 2.13. The summed E-state index contributed by atoms with van der Waals surface area (Å²) in [6, 6.07) is 0. The Labute approximate surface area is 56.4 Å². The normalized spacial score (nSPS) is 8.29. The van der Waals surface area contributed by atoms with E-state index in [-0.39, 0.29) is 5.97 Å². The van der Waals surface area contributed by atoms with Crippen LogP contribution in [-0.4, -0.2) is 17.5 Å². The van der Waals surface area contributed by atoms with Gasteiger partial charge in [-0.15, -0.1) is 0 Å². The first-order chi connectivity index (χ1) is 3.31. The minimum atomic E-state index is -0.130. The highest BCUT2D eigenvalue weighted by atomic mass is 127. The fourth-order valence-corrected chi connectivity index (χ4v) is 0.620. The third-order valence-corrected chi connectivity index (χ3v) is 1.07. The maximum absolute atomic E-state index is 10.2. The molecule has 7 heavy (non-hydrogen) atoms. The molecule has 42 valence electrons. The van der Waals surface area contributed by atoms with E-state index in [1.54, 1.807) is 0 Å². The molecule has 0 aromatic rings. The third-order valence-electron chi connectivity index (χ3n) is 0.526. The number of esters is 1. The summed E-state index contributed by atoms with van der Waals surface area (Å²) in [6.45, 7) is 0. The van der Waals surface area contributed by atoms with Gasteiger partial charge in [0.25, 0.3) is 0 Å². The van der Waals surface area contributed by atoms with Crippen molar-refractivity contribution in [2.45, 2.75) is 6.42 Å². The quantitative estimate of drug-likeness (QED) is 0.297. The molecule has 0 atom stereocenters. The number of methoxy groups -OCH3 is 1. The maximum atomic E-state index is 10.2. The van der Waals surface area contributed by atoms with Crippen LogP contribution in [-0.2, 0) is 9.53 Å². The van der Waals surface area contributed by atoms with Gasteiger partial charge in [0.15, 0.2) is 0 Å². The molecule has 0 aromatic carbocycles. The molecule has 0 aliphatic carbocycles. The summed E-state index contributed by atoms with van der Waals surface area (Å²) in [5, 5.41) is 0. The van der Waals surface area contributed by atoms with Gasteiger partial charge in [-0.3, -0.25) is 4.79 Å². The zero-order valence-corrected chi connectivity index (χ0v) is 6.27. The number of hydrogen-bond donors (Lipinski definition) is 0. The van der Waals surface area contributed by atoms with Crippen LogP contribution in [0.2, 0.25) is 0 Å². The van der Waals surface area contributed by atoms with Crippen LogP contribution >= 0.6 is 22.6 Å². The fraction of sp³-hybridized carbons (Fsp3) is 0.750. The molecule has 0 aliphatic heterocycles. The second-order valence-electron chi connectivity index (χ2n) is 1.02. The molecule has 0 saturated heterocycles. The van der Waals surface area contributed by atoms with Gasteiger partial charge in [-0.05, 0) is 0 Å². The predicted octanol–water partition coefficient (Wildman–Crippen LogP) is 0.984. The number of ether oxygens (including phenoxy) is 1. The second-order valence-corrected chi connectivity index (χ2v) is 2.09. The molecule has 0 fully saturated rings. The van der Waals surface area contributed by atoms with E-state index in [1.807, 2.05) is 0 Å². The number of alkyl halides is 1. The Morgan fingerprint density at radius 3 is 2.57 bits per heavy atom. The summed E-state index contributed by atoms with van der Waals surface area (Å²) in [5.41, 5.74) is 0. The zero-order valence-electron chi connectivity index (χ0n) is 4.11. The average molecular weight is 215 g/mol. The molecule has 0 saturated carbocycles. The van der Waals surface area contributed by atoms with Crippen LogP contribution in [0, 0.1) is 0 Å².